The minimum atomic E-state index is -3.81. The summed E-state index contributed by atoms with van der Waals surface area (Å²) in [6.45, 7) is 8.12. The SMILES string of the molecule is CC[C@@H](Cn1cc(C)c2ccccc21)NS(=O)(=O)c1c(C)cc(C)cc1C#N. The lowest BCUT2D eigenvalue weighted by Gasteiger charge is -2.20. The third-order valence-electron chi connectivity index (χ3n) is 5.03. The zero-order valence-corrected chi connectivity index (χ0v) is 17.5. The van der Waals surface area contributed by atoms with Crippen molar-refractivity contribution in [3.63, 3.8) is 0 Å². The van der Waals surface area contributed by atoms with Gasteiger partial charge in [-0.15, -0.1) is 0 Å². The second-order valence-corrected chi connectivity index (χ2v) is 8.93. The van der Waals surface area contributed by atoms with Crippen LogP contribution in [0, 0.1) is 32.1 Å². The first kappa shape index (κ1) is 20.1. The smallest absolute Gasteiger partial charge is 0.242 e. The molecule has 146 valence electrons. The maximum Gasteiger partial charge on any atom is 0.242 e. The van der Waals surface area contributed by atoms with Crippen molar-refractivity contribution >= 4 is 20.9 Å². The Morgan fingerprint density at radius 3 is 2.54 bits per heavy atom. The van der Waals surface area contributed by atoms with Gasteiger partial charge in [-0.25, -0.2) is 13.1 Å². The van der Waals surface area contributed by atoms with Gasteiger partial charge in [-0.3, -0.25) is 0 Å². The van der Waals surface area contributed by atoms with Crippen molar-refractivity contribution in [1.29, 1.82) is 5.26 Å². The maximum absolute atomic E-state index is 13.1. The quantitative estimate of drug-likeness (QED) is 0.680. The Morgan fingerprint density at radius 2 is 1.86 bits per heavy atom. The first-order valence-corrected chi connectivity index (χ1v) is 10.8. The number of aromatic nitrogens is 1. The number of fused-ring (bicyclic) bond motifs is 1. The summed E-state index contributed by atoms with van der Waals surface area (Å²) < 4.78 is 31.1. The molecule has 0 bridgehead atoms. The van der Waals surface area contributed by atoms with E-state index in [2.05, 4.69) is 28.5 Å². The van der Waals surface area contributed by atoms with Crippen LogP contribution in [0.3, 0.4) is 0 Å². The van der Waals surface area contributed by atoms with Gasteiger partial charge in [0, 0.05) is 29.7 Å². The summed E-state index contributed by atoms with van der Waals surface area (Å²) in [6.07, 6.45) is 2.69. The van der Waals surface area contributed by atoms with Crippen molar-refractivity contribution in [3.8, 4) is 6.07 Å². The van der Waals surface area contributed by atoms with Gasteiger partial charge in [-0.05, 0) is 56.0 Å². The molecular weight excluding hydrogens is 370 g/mol. The first-order valence-electron chi connectivity index (χ1n) is 9.35. The minimum absolute atomic E-state index is 0.0765. The van der Waals surface area contributed by atoms with Crippen LogP contribution in [0.1, 0.15) is 35.6 Å². The van der Waals surface area contributed by atoms with Crippen LogP contribution in [0.4, 0.5) is 0 Å². The van der Waals surface area contributed by atoms with Crippen molar-refractivity contribution in [2.75, 3.05) is 0 Å². The summed E-state index contributed by atoms with van der Waals surface area (Å²) in [5, 5.41) is 10.6. The standard InChI is InChI=1S/C22H25N3O2S/c1-5-19(14-25-13-17(4)20-8-6-7-9-21(20)25)24-28(26,27)22-16(3)10-15(2)11-18(22)12-23/h6-11,13,19,24H,5,14H2,1-4H3/t19-/m0/s1. The topological polar surface area (TPSA) is 74.9 Å². The summed E-state index contributed by atoms with van der Waals surface area (Å²) in [5.41, 5.74) is 3.88. The number of aryl methyl sites for hydroxylation is 3. The fourth-order valence-corrected chi connectivity index (χ4v) is 5.42. The highest BCUT2D eigenvalue weighted by atomic mass is 32.2. The summed E-state index contributed by atoms with van der Waals surface area (Å²) in [7, 11) is -3.81. The van der Waals surface area contributed by atoms with E-state index in [9.17, 15) is 13.7 Å². The number of benzene rings is 2. The molecule has 0 saturated heterocycles. The van der Waals surface area contributed by atoms with Crippen LogP contribution in [0.25, 0.3) is 10.9 Å². The van der Waals surface area contributed by atoms with Crippen molar-refractivity contribution in [1.82, 2.24) is 9.29 Å². The average molecular weight is 396 g/mol. The molecule has 28 heavy (non-hydrogen) atoms. The lowest BCUT2D eigenvalue weighted by molar-refractivity contribution is 0.491. The molecule has 1 aromatic heterocycles. The summed E-state index contributed by atoms with van der Waals surface area (Å²) in [4.78, 5) is 0.0765. The van der Waals surface area contributed by atoms with Gasteiger partial charge in [0.25, 0.3) is 0 Å². The normalized spacial score (nSPS) is 12.8. The molecule has 0 aliphatic heterocycles. The Bertz CT molecular complexity index is 1170. The minimum Gasteiger partial charge on any atom is -0.346 e. The number of hydrogen-bond acceptors (Lipinski definition) is 3. The van der Waals surface area contributed by atoms with Crippen LogP contribution < -0.4 is 4.72 Å². The van der Waals surface area contributed by atoms with Crippen LogP contribution in [-0.2, 0) is 16.6 Å². The molecule has 0 amide bonds. The molecule has 0 spiro atoms. The summed E-state index contributed by atoms with van der Waals surface area (Å²) in [6, 6.07) is 13.3. The molecule has 3 rings (SSSR count). The molecule has 0 aliphatic rings. The zero-order chi connectivity index (χ0) is 20.5. The van der Waals surface area contributed by atoms with Crippen LogP contribution >= 0.6 is 0 Å². The Balaban J connectivity index is 1.94. The van der Waals surface area contributed by atoms with Gasteiger partial charge in [-0.2, -0.15) is 5.26 Å². The number of hydrogen-bond donors (Lipinski definition) is 1. The third kappa shape index (κ3) is 3.82. The van der Waals surface area contributed by atoms with Gasteiger partial charge < -0.3 is 4.57 Å². The first-order chi connectivity index (χ1) is 13.3. The molecule has 2 aromatic carbocycles. The Kier molecular flexibility index (Phi) is 5.59. The molecular formula is C22H25N3O2S. The molecule has 1 heterocycles. The van der Waals surface area contributed by atoms with E-state index < -0.39 is 10.0 Å². The molecule has 0 saturated carbocycles. The van der Waals surface area contributed by atoms with E-state index >= 15 is 0 Å². The highest BCUT2D eigenvalue weighted by Crippen LogP contribution is 2.24. The van der Waals surface area contributed by atoms with E-state index in [-0.39, 0.29) is 16.5 Å². The zero-order valence-electron chi connectivity index (χ0n) is 16.7. The average Bonchev–Trinajstić information content (AvgIpc) is 2.96. The van der Waals surface area contributed by atoms with Crippen LogP contribution in [0.15, 0.2) is 47.5 Å². The van der Waals surface area contributed by atoms with E-state index in [0.717, 1.165) is 16.6 Å². The predicted octanol–water partition coefficient (Wildman–Crippen LogP) is 4.20. The molecule has 0 radical (unpaired) electrons. The van der Waals surface area contributed by atoms with Crippen molar-refractivity contribution < 1.29 is 8.42 Å². The van der Waals surface area contributed by atoms with E-state index in [1.165, 1.54) is 5.39 Å². The van der Waals surface area contributed by atoms with Crippen molar-refractivity contribution in [2.45, 2.75) is 51.6 Å². The molecule has 0 unspecified atom stereocenters. The molecule has 1 N–H and O–H groups in total. The van der Waals surface area contributed by atoms with Crippen LogP contribution in [-0.4, -0.2) is 19.0 Å². The summed E-state index contributed by atoms with van der Waals surface area (Å²) in [5.74, 6) is 0. The fraction of sp³-hybridized carbons (Fsp3) is 0.318. The van der Waals surface area contributed by atoms with E-state index in [1.54, 1.807) is 19.1 Å². The molecule has 0 aliphatic carbocycles. The van der Waals surface area contributed by atoms with Gasteiger partial charge in [0.2, 0.25) is 10.0 Å². The number of nitrogens with zero attached hydrogens (tertiary/aromatic N) is 2. The second-order valence-electron chi connectivity index (χ2n) is 7.28. The highest BCUT2D eigenvalue weighted by Gasteiger charge is 2.25. The highest BCUT2D eigenvalue weighted by molar-refractivity contribution is 7.89. The van der Waals surface area contributed by atoms with Gasteiger partial charge >= 0.3 is 0 Å². The Labute approximate surface area is 166 Å². The number of sulfonamides is 1. The molecule has 0 fully saturated rings. The van der Waals surface area contributed by atoms with Crippen molar-refractivity contribution in [3.05, 3.63) is 64.8 Å². The van der Waals surface area contributed by atoms with E-state index in [1.807, 2.05) is 38.1 Å². The largest absolute Gasteiger partial charge is 0.346 e. The van der Waals surface area contributed by atoms with Gasteiger partial charge in [0.15, 0.2) is 0 Å². The van der Waals surface area contributed by atoms with Crippen molar-refractivity contribution in [2.24, 2.45) is 0 Å². The predicted molar refractivity (Wildman–Crippen MR) is 112 cm³/mol. The van der Waals surface area contributed by atoms with E-state index in [4.69, 9.17) is 0 Å². The van der Waals surface area contributed by atoms with Crippen LogP contribution in [0.5, 0.6) is 0 Å². The Morgan fingerprint density at radius 1 is 1.14 bits per heavy atom. The molecule has 1 atom stereocenters. The molecule has 6 heteroatoms. The molecule has 3 aromatic rings. The number of nitrogens with one attached hydrogen (secondary N) is 1. The maximum atomic E-state index is 13.1. The Hall–Kier alpha value is -2.62. The van der Waals surface area contributed by atoms with Gasteiger partial charge in [0.1, 0.15) is 11.0 Å². The lowest BCUT2D eigenvalue weighted by Crippen LogP contribution is -2.38. The lowest BCUT2D eigenvalue weighted by atomic mass is 10.1. The van der Waals surface area contributed by atoms with Crippen LogP contribution in [0.2, 0.25) is 0 Å². The summed E-state index contributed by atoms with van der Waals surface area (Å²) >= 11 is 0. The monoisotopic (exact) mass is 395 g/mol. The van der Waals surface area contributed by atoms with E-state index in [0.29, 0.717) is 18.5 Å². The number of rotatable bonds is 6. The second kappa shape index (κ2) is 7.78. The fourth-order valence-electron chi connectivity index (χ4n) is 3.74. The molecule has 5 nitrogen and oxygen atoms in total. The third-order valence-corrected chi connectivity index (χ3v) is 6.75. The number of para-hydroxylation sites is 1. The number of nitriles is 1. The van der Waals surface area contributed by atoms with Gasteiger partial charge in [-0.1, -0.05) is 31.2 Å². The van der Waals surface area contributed by atoms with Gasteiger partial charge in [0.05, 0.1) is 5.56 Å².